The molecule has 0 aromatic rings. The molecule has 5 heteroatoms. The first-order chi connectivity index (χ1) is 8.23. The maximum Gasteiger partial charge on any atom is 0.147 e. The molecule has 18 heavy (non-hydrogen) atoms. The zero-order chi connectivity index (χ0) is 13.8. The van der Waals surface area contributed by atoms with Gasteiger partial charge in [0.25, 0.3) is 0 Å². The molecule has 1 unspecified atom stereocenters. The quantitative estimate of drug-likeness (QED) is 0.824. The second-order valence-corrected chi connectivity index (χ2v) is 8.34. The number of rotatable bonds is 5. The van der Waals surface area contributed by atoms with Crippen molar-refractivity contribution in [3.63, 3.8) is 0 Å². The zero-order valence-corrected chi connectivity index (χ0v) is 12.8. The second kappa shape index (κ2) is 6.35. The lowest BCUT2D eigenvalue weighted by molar-refractivity contribution is 0.0968. The van der Waals surface area contributed by atoms with Crippen molar-refractivity contribution in [2.24, 2.45) is 5.73 Å². The highest BCUT2D eigenvalue weighted by atomic mass is 32.2. The van der Waals surface area contributed by atoms with E-state index >= 15 is 0 Å². The van der Waals surface area contributed by atoms with Crippen LogP contribution in [0.1, 0.15) is 46.0 Å². The van der Waals surface area contributed by atoms with E-state index in [1.807, 2.05) is 0 Å². The van der Waals surface area contributed by atoms with Crippen LogP contribution in [0.5, 0.6) is 0 Å². The molecule has 0 aliphatic carbocycles. The number of hydrogen-bond donors (Lipinski definition) is 1. The second-order valence-electron chi connectivity index (χ2n) is 6.08. The summed E-state index contributed by atoms with van der Waals surface area (Å²) in [6.07, 6.45) is 6.86. The van der Waals surface area contributed by atoms with E-state index in [0.717, 1.165) is 13.1 Å². The van der Waals surface area contributed by atoms with Crippen molar-refractivity contribution in [1.82, 2.24) is 4.90 Å². The predicted octanol–water partition coefficient (Wildman–Crippen LogP) is 1.40. The van der Waals surface area contributed by atoms with Crippen LogP contribution in [0.25, 0.3) is 0 Å². The third-order valence-corrected chi connectivity index (χ3v) is 5.11. The molecule has 1 rings (SSSR count). The van der Waals surface area contributed by atoms with Crippen molar-refractivity contribution < 1.29 is 8.42 Å². The van der Waals surface area contributed by atoms with Gasteiger partial charge in [0, 0.05) is 17.8 Å². The van der Waals surface area contributed by atoms with Crippen molar-refractivity contribution >= 4 is 9.84 Å². The van der Waals surface area contributed by atoms with E-state index in [-0.39, 0.29) is 17.3 Å². The summed E-state index contributed by atoms with van der Waals surface area (Å²) in [5.41, 5.74) is 6.12. The molecule has 0 aromatic carbocycles. The van der Waals surface area contributed by atoms with E-state index in [0.29, 0.717) is 6.42 Å². The van der Waals surface area contributed by atoms with E-state index in [9.17, 15) is 8.42 Å². The summed E-state index contributed by atoms with van der Waals surface area (Å²) in [4.78, 5) is 2.44. The highest BCUT2D eigenvalue weighted by Gasteiger charge is 2.33. The van der Waals surface area contributed by atoms with Gasteiger partial charge in [-0.05, 0) is 46.2 Å². The third-order valence-electron chi connectivity index (χ3n) is 4.13. The molecule has 1 fully saturated rings. The molecule has 0 amide bonds. The Bertz CT molecular complexity index is 344. The third kappa shape index (κ3) is 4.86. The Morgan fingerprint density at radius 1 is 1.17 bits per heavy atom. The monoisotopic (exact) mass is 276 g/mol. The van der Waals surface area contributed by atoms with Crippen LogP contribution in [0, 0.1) is 0 Å². The van der Waals surface area contributed by atoms with Crippen molar-refractivity contribution in [3.05, 3.63) is 0 Å². The summed E-state index contributed by atoms with van der Waals surface area (Å²) in [6.45, 7) is 6.45. The highest BCUT2D eigenvalue weighted by molar-refractivity contribution is 7.90. The Morgan fingerprint density at radius 2 is 1.67 bits per heavy atom. The average molecular weight is 276 g/mol. The van der Waals surface area contributed by atoms with Gasteiger partial charge < -0.3 is 5.73 Å². The van der Waals surface area contributed by atoms with Gasteiger partial charge in [0.15, 0.2) is 0 Å². The molecule has 1 atom stereocenters. The molecule has 108 valence electrons. The lowest BCUT2D eigenvalue weighted by Gasteiger charge is -2.42. The van der Waals surface area contributed by atoms with Crippen LogP contribution in [-0.2, 0) is 9.84 Å². The Labute approximate surface area is 112 Å². The number of sulfone groups is 1. The van der Waals surface area contributed by atoms with Gasteiger partial charge in [-0.1, -0.05) is 12.8 Å². The maximum absolute atomic E-state index is 11.2. The molecule has 0 radical (unpaired) electrons. The fourth-order valence-corrected chi connectivity index (χ4v) is 3.26. The molecule has 2 N–H and O–H groups in total. The standard InChI is InChI=1S/C13H28N2O2S/c1-13(2,12(14)8-11-18(3,16)17)15-9-6-4-5-7-10-15/h12H,4-11,14H2,1-3H3. The van der Waals surface area contributed by atoms with Crippen LogP contribution in [0.4, 0.5) is 0 Å². The molecule has 0 saturated carbocycles. The van der Waals surface area contributed by atoms with Gasteiger partial charge in [-0.2, -0.15) is 0 Å². The molecule has 1 aliphatic heterocycles. The topological polar surface area (TPSA) is 63.4 Å². The van der Waals surface area contributed by atoms with E-state index in [1.165, 1.54) is 31.9 Å². The molecule has 1 saturated heterocycles. The predicted molar refractivity (Wildman–Crippen MR) is 76.4 cm³/mol. The average Bonchev–Trinajstić information content (AvgIpc) is 2.53. The molecular formula is C13H28N2O2S. The molecule has 0 aromatic heterocycles. The number of likely N-dealkylation sites (tertiary alicyclic amines) is 1. The van der Waals surface area contributed by atoms with Gasteiger partial charge in [-0.25, -0.2) is 8.42 Å². The summed E-state index contributed by atoms with van der Waals surface area (Å²) in [5.74, 6) is 0.186. The molecule has 0 spiro atoms. The molecule has 0 bridgehead atoms. The van der Waals surface area contributed by atoms with Crippen LogP contribution in [0.15, 0.2) is 0 Å². The lowest BCUT2D eigenvalue weighted by atomic mass is 9.91. The largest absolute Gasteiger partial charge is 0.326 e. The lowest BCUT2D eigenvalue weighted by Crippen LogP contribution is -2.56. The first-order valence-corrected chi connectivity index (χ1v) is 8.98. The van der Waals surface area contributed by atoms with Crippen LogP contribution >= 0.6 is 0 Å². The van der Waals surface area contributed by atoms with E-state index in [1.54, 1.807) is 0 Å². The van der Waals surface area contributed by atoms with Crippen LogP contribution in [0.3, 0.4) is 0 Å². The SMILES string of the molecule is CC(C)(C(N)CCS(C)(=O)=O)N1CCCCCC1. The summed E-state index contributed by atoms with van der Waals surface area (Å²) in [5, 5.41) is 0. The van der Waals surface area contributed by atoms with E-state index in [2.05, 4.69) is 18.7 Å². The maximum atomic E-state index is 11.2. The van der Waals surface area contributed by atoms with E-state index < -0.39 is 9.84 Å². The van der Waals surface area contributed by atoms with Gasteiger partial charge in [-0.15, -0.1) is 0 Å². The zero-order valence-electron chi connectivity index (χ0n) is 12.0. The first-order valence-electron chi connectivity index (χ1n) is 6.92. The van der Waals surface area contributed by atoms with Gasteiger partial charge in [-0.3, -0.25) is 4.90 Å². The normalized spacial score (nSPS) is 21.6. The number of nitrogens with two attached hydrogens (primary N) is 1. The van der Waals surface area contributed by atoms with Gasteiger partial charge >= 0.3 is 0 Å². The summed E-state index contributed by atoms with van der Waals surface area (Å²) < 4.78 is 22.4. The minimum Gasteiger partial charge on any atom is -0.326 e. The van der Waals surface area contributed by atoms with Crippen LogP contribution in [-0.4, -0.2) is 50.0 Å². The minimum atomic E-state index is -2.92. The molecule has 4 nitrogen and oxygen atoms in total. The fraction of sp³-hybridized carbons (Fsp3) is 1.00. The fourth-order valence-electron chi connectivity index (χ4n) is 2.58. The van der Waals surface area contributed by atoms with Crippen molar-refractivity contribution in [1.29, 1.82) is 0 Å². The molecular weight excluding hydrogens is 248 g/mol. The van der Waals surface area contributed by atoms with Crippen LogP contribution < -0.4 is 5.73 Å². The first kappa shape index (κ1) is 15.9. The Hall–Kier alpha value is -0.130. The van der Waals surface area contributed by atoms with Gasteiger partial charge in [0.05, 0.1) is 5.75 Å². The summed E-state index contributed by atoms with van der Waals surface area (Å²) >= 11 is 0. The summed E-state index contributed by atoms with van der Waals surface area (Å²) in [7, 11) is -2.92. The highest BCUT2D eigenvalue weighted by Crippen LogP contribution is 2.24. The molecule has 1 aliphatic rings. The Balaban J connectivity index is 2.59. The van der Waals surface area contributed by atoms with Crippen molar-refractivity contribution in [2.45, 2.75) is 57.5 Å². The number of hydrogen-bond acceptors (Lipinski definition) is 4. The van der Waals surface area contributed by atoms with Crippen molar-refractivity contribution in [2.75, 3.05) is 25.1 Å². The Morgan fingerprint density at radius 3 is 2.11 bits per heavy atom. The Kier molecular flexibility index (Phi) is 5.62. The number of nitrogens with zero attached hydrogens (tertiary/aromatic N) is 1. The van der Waals surface area contributed by atoms with E-state index in [4.69, 9.17) is 5.73 Å². The van der Waals surface area contributed by atoms with Gasteiger partial charge in [0.2, 0.25) is 0 Å². The summed E-state index contributed by atoms with van der Waals surface area (Å²) in [6, 6.07) is -0.0923. The van der Waals surface area contributed by atoms with Crippen molar-refractivity contribution in [3.8, 4) is 0 Å². The smallest absolute Gasteiger partial charge is 0.147 e. The molecule has 1 heterocycles. The van der Waals surface area contributed by atoms with Crippen LogP contribution in [0.2, 0.25) is 0 Å². The minimum absolute atomic E-state index is 0.0923. The van der Waals surface area contributed by atoms with Gasteiger partial charge in [0.1, 0.15) is 9.84 Å².